The van der Waals surface area contributed by atoms with Crippen LogP contribution >= 0.6 is 63.9 Å². The van der Waals surface area contributed by atoms with E-state index < -0.39 is 0 Å². The number of anilines is 1. The number of ether oxygens (including phenoxy) is 1. The summed E-state index contributed by atoms with van der Waals surface area (Å²) in [5.74, 6) is 0.0555. The van der Waals surface area contributed by atoms with Gasteiger partial charge in [-0.3, -0.25) is 14.0 Å². The maximum absolute atomic E-state index is 12.8. The molecule has 0 radical (unpaired) electrons. The van der Waals surface area contributed by atoms with Crippen LogP contribution in [0.3, 0.4) is 0 Å². The molecule has 3 aromatic rings. The van der Waals surface area contributed by atoms with Crippen molar-refractivity contribution in [3.8, 4) is 5.75 Å². The molecule has 0 bridgehead atoms. The van der Waals surface area contributed by atoms with Crippen LogP contribution in [0.4, 0.5) is 5.69 Å². The lowest BCUT2D eigenvalue weighted by Crippen LogP contribution is -2.43. The maximum atomic E-state index is 12.8. The van der Waals surface area contributed by atoms with Crippen LogP contribution < -0.4 is 20.3 Å². The molecule has 38 heavy (non-hydrogen) atoms. The molecule has 0 atom stereocenters. The van der Waals surface area contributed by atoms with Crippen molar-refractivity contribution in [1.82, 2.24) is 20.0 Å². The van der Waals surface area contributed by atoms with Crippen molar-refractivity contribution in [2.24, 2.45) is 0 Å². The number of nitrogens with zero attached hydrogens (tertiary/aromatic N) is 3. The lowest BCUT2D eigenvalue weighted by Gasteiger charge is -2.21. The zero-order valence-electron chi connectivity index (χ0n) is 20.9. The van der Waals surface area contributed by atoms with Crippen molar-refractivity contribution in [3.05, 3.63) is 56.4 Å². The van der Waals surface area contributed by atoms with Crippen LogP contribution in [0.2, 0.25) is 10.0 Å². The van der Waals surface area contributed by atoms with Crippen LogP contribution in [0.1, 0.15) is 36.9 Å². The molecule has 0 spiro atoms. The Morgan fingerprint density at radius 1 is 1.18 bits per heavy atom. The smallest absolute Gasteiger partial charge is 0.246 e. The fraction of sp³-hybridized carbons (Fsp3) is 0.400. The van der Waals surface area contributed by atoms with Gasteiger partial charge in [0.15, 0.2) is 11.4 Å². The third-order valence-electron chi connectivity index (χ3n) is 6.33. The molecular formula is C25H30BrCl4N5O3. The van der Waals surface area contributed by atoms with Gasteiger partial charge < -0.3 is 20.3 Å². The van der Waals surface area contributed by atoms with E-state index in [2.05, 4.69) is 31.5 Å². The van der Waals surface area contributed by atoms with Gasteiger partial charge in [-0.05, 0) is 60.0 Å². The minimum atomic E-state index is -0.303. The SMILES string of the molecule is Cc1nc2c(OCc3c(Cl)ccc(N(C)C(=O)CNC(=O)CNC4CCCC4)c3Cl)cccn2c1Br.Cl.Cl. The predicted molar refractivity (Wildman–Crippen MR) is 160 cm³/mol. The van der Waals surface area contributed by atoms with Gasteiger partial charge in [-0.25, -0.2) is 4.98 Å². The topological polar surface area (TPSA) is 88.0 Å². The average molecular weight is 670 g/mol. The number of pyridine rings is 1. The van der Waals surface area contributed by atoms with Crippen LogP contribution in [0.15, 0.2) is 35.1 Å². The molecule has 2 heterocycles. The summed E-state index contributed by atoms with van der Waals surface area (Å²) in [6.07, 6.45) is 6.44. The molecule has 2 amide bonds. The number of rotatable bonds is 9. The van der Waals surface area contributed by atoms with Crippen LogP contribution in [-0.4, -0.2) is 47.4 Å². The van der Waals surface area contributed by atoms with Crippen LogP contribution in [0.5, 0.6) is 5.75 Å². The summed E-state index contributed by atoms with van der Waals surface area (Å²) < 4.78 is 8.77. The summed E-state index contributed by atoms with van der Waals surface area (Å²) in [5, 5.41) is 6.64. The second-order valence-corrected chi connectivity index (χ2v) is 10.3. The van der Waals surface area contributed by atoms with Crippen molar-refractivity contribution in [3.63, 3.8) is 0 Å². The highest BCUT2D eigenvalue weighted by Crippen LogP contribution is 2.35. The number of imidazole rings is 1. The van der Waals surface area contributed by atoms with E-state index >= 15 is 0 Å². The first-order chi connectivity index (χ1) is 17.3. The Morgan fingerprint density at radius 3 is 2.61 bits per heavy atom. The molecule has 2 N–H and O–H groups in total. The maximum Gasteiger partial charge on any atom is 0.246 e. The fourth-order valence-electron chi connectivity index (χ4n) is 4.22. The third kappa shape index (κ3) is 7.46. The van der Waals surface area contributed by atoms with E-state index in [1.165, 1.54) is 17.7 Å². The molecule has 1 aliphatic rings. The Labute approximate surface area is 252 Å². The number of likely N-dealkylation sites (N-methyl/N-ethyl adjacent to an activating group) is 1. The summed E-state index contributed by atoms with van der Waals surface area (Å²) in [6, 6.07) is 7.41. The zero-order valence-corrected chi connectivity index (χ0v) is 25.7. The lowest BCUT2D eigenvalue weighted by atomic mass is 10.2. The van der Waals surface area contributed by atoms with Gasteiger partial charge in [-0.2, -0.15) is 0 Å². The minimum Gasteiger partial charge on any atom is -0.485 e. The molecule has 2 aromatic heterocycles. The van der Waals surface area contributed by atoms with Gasteiger partial charge in [0.05, 0.1) is 29.5 Å². The predicted octanol–water partition coefficient (Wildman–Crippen LogP) is 5.75. The third-order valence-corrected chi connectivity index (χ3v) is 8.06. The van der Waals surface area contributed by atoms with Crippen LogP contribution in [0, 0.1) is 6.92 Å². The lowest BCUT2D eigenvalue weighted by molar-refractivity contribution is -0.124. The van der Waals surface area contributed by atoms with Gasteiger partial charge in [0.2, 0.25) is 11.8 Å². The van der Waals surface area contributed by atoms with Crippen molar-refractivity contribution in [1.29, 1.82) is 0 Å². The average Bonchev–Trinajstić information content (AvgIpc) is 3.49. The number of hydrogen-bond donors (Lipinski definition) is 2. The van der Waals surface area contributed by atoms with Crippen molar-refractivity contribution in [2.75, 3.05) is 25.0 Å². The second kappa shape index (κ2) is 14.6. The monoisotopic (exact) mass is 667 g/mol. The number of carbonyl (C=O) groups excluding carboxylic acids is 2. The Kier molecular flexibility index (Phi) is 12.5. The van der Waals surface area contributed by atoms with E-state index in [0.29, 0.717) is 38.7 Å². The fourth-order valence-corrected chi connectivity index (χ4v) is 5.20. The van der Waals surface area contributed by atoms with E-state index in [1.807, 2.05) is 29.7 Å². The van der Waals surface area contributed by atoms with Crippen LogP contribution in [0.25, 0.3) is 5.65 Å². The molecule has 13 heteroatoms. The number of benzene rings is 1. The summed E-state index contributed by atoms with van der Waals surface area (Å²) in [7, 11) is 1.61. The number of fused-ring (bicyclic) bond motifs is 1. The van der Waals surface area contributed by atoms with E-state index in [9.17, 15) is 9.59 Å². The Bertz CT molecular complexity index is 1280. The van der Waals surface area contributed by atoms with E-state index in [-0.39, 0.29) is 56.3 Å². The van der Waals surface area contributed by atoms with Gasteiger partial charge >= 0.3 is 0 Å². The Balaban J connectivity index is 0.00000253. The number of nitrogens with one attached hydrogen (secondary N) is 2. The standard InChI is InChI=1S/C25H28BrCl2N5O3.2ClH/c1-15-24(26)33-11-5-8-20(25(33)31-15)36-14-17-18(27)9-10-19(23(17)28)32(2)22(35)13-30-21(34)12-29-16-6-3-4-7-16;;/h5,8-11,16,29H,3-4,6-7,12-14H2,1-2H3,(H,30,34);2*1H. The van der Waals surface area contributed by atoms with E-state index in [1.54, 1.807) is 19.2 Å². The molecule has 1 aromatic carbocycles. The molecular weight excluding hydrogens is 640 g/mol. The quantitative estimate of drug-likeness (QED) is 0.303. The first kappa shape index (κ1) is 32.5. The number of hydrogen-bond acceptors (Lipinski definition) is 5. The summed E-state index contributed by atoms with van der Waals surface area (Å²) in [5.41, 5.74) is 2.52. The van der Waals surface area contributed by atoms with Crippen LogP contribution in [-0.2, 0) is 16.2 Å². The number of aryl methyl sites for hydroxylation is 1. The first-order valence-corrected chi connectivity index (χ1v) is 13.3. The Morgan fingerprint density at radius 2 is 1.89 bits per heavy atom. The van der Waals surface area contributed by atoms with E-state index in [4.69, 9.17) is 27.9 Å². The molecule has 208 valence electrons. The zero-order chi connectivity index (χ0) is 25.8. The number of halogens is 5. The van der Waals surface area contributed by atoms with Gasteiger partial charge in [0.1, 0.15) is 11.2 Å². The molecule has 0 aliphatic heterocycles. The highest BCUT2D eigenvalue weighted by atomic mass is 79.9. The highest BCUT2D eigenvalue weighted by Gasteiger charge is 2.20. The van der Waals surface area contributed by atoms with E-state index in [0.717, 1.165) is 23.1 Å². The first-order valence-electron chi connectivity index (χ1n) is 11.8. The normalized spacial score (nSPS) is 13.1. The van der Waals surface area contributed by atoms with Crippen molar-refractivity contribution >= 4 is 87.1 Å². The van der Waals surface area contributed by atoms with Gasteiger partial charge in [-0.1, -0.05) is 36.0 Å². The molecule has 1 saturated carbocycles. The van der Waals surface area contributed by atoms with Crippen molar-refractivity contribution in [2.45, 2.75) is 45.3 Å². The minimum absolute atomic E-state index is 0. The van der Waals surface area contributed by atoms with Gasteiger partial charge in [-0.15, -0.1) is 24.8 Å². The molecule has 0 saturated heterocycles. The molecule has 8 nitrogen and oxygen atoms in total. The molecule has 1 fully saturated rings. The molecule has 1 aliphatic carbocycles. The van der Waals surface area contributed by atoms with Gasteiger partial charge in [0.25, 0.3) is 0 Å². The summed E-state index contributed by atoms with van der Waals surface area (Å²) in [4.78, 5) is 30.9. The van der Waals surface area contributed by atoms with Gasteiger partial charge in [0, 0.05) is 29.9 Å². The molecule has 4 rings (SSSR count). The Hall–Kier alpha value is -1.75. The van der Waals surface area contributed by atoms with Crippen molar-refractivity contribution < 1.29 is 14.3 Å². The highest BCUT2D eigenvalue weighted by molar-refractivity contribution is 9.10. The largest absolute Gasteiger partial charge is 0.485 e. The number of amides is 2. The second-order valence-electron chi connectivity index (χ2n) is 8.79. The number of aromatic nitrogens is 2. The summed E-state index contributed by atoms with van der Waals surface area (Å²) in [6.45, 7) is 2.05. The number of carbonyl (C=O) groups is 2. The summed E-state index contributed by atoms with van der Waals surface area (Å²) >= 11 is 16.6. The molecule has 0 unspecified atom stereocenters.